The summed E-state index contributed by atoms with van der Waals surface area (Å²) >= 11 is 0.691. The highest BCUT2D eigenvalue weighted by Crippen LogP contribution is 2.21. The lowest BCUT2D eigenvalue weighted by atomic mass is 10.3. The van der Waals surface area contributed by atoms with Crippen LogP contribution in [0.4, 0.5) is 0 Å². The molecule has 110 valence electrons. The monoisotopic (exact) mass is 319 g/mol. The SMILES string of the molecule is CC(NS(=O)(=O)c1scnc1C(=O)O)C(=O)NC1CC1. The first-order valence-corrected chi connectivity index (χ1v) is 8.17. The summed E-state index contributed by atoms with van der Waals surface area (Å²) in [4.78, 5) is 26.1. The van der Waals surface area contributed by atoms with Gasteiger partial charge in [-0.3, -0.25) is 4.79 Å². The van der Waals surface area contributed by atoms with Gasteiger partial charge in [-0.05, 0) is 19.8 Å². The molecule has 8 nitrogen and oxygen atoms in total. The summed E-state index contributed by atoms with van der Waals surface area (Å²) < 4.78 is 25.8. The van der Waals surface area contributed by atoms with Gasteiger partial charge in [0.05, 0.1) is 11.6 Å². The van der Waals surface area contributed by atoms with Gasteiger partial charge in [-0.25, -0.2) is 18.2 Å². The van der Waals surface area contributed by atoms with Gasteiger partial charge >= 0.3 is 5.97 Å². The highest BCUT2D eigenvalue weighted by atomic mass is 32.2. The minimum absolute atomic E-state index is 0.118. The normalized spacial score (nSPS) is 16.6. The van der Waals surface area contributed by atoms with E-state index >= 15 is 0 Å². The minimum Gasteiger partial charge on any atom is -0.476 e. The Hall–Kier alpha value is -1.52. The largest absolute Gasteiger partial charge is 0.476 e. The summed E-state index contributed by atoms with van der Waals surface area (Å²) in [6.07, 6.45) is 1.78. The van der Waals surface area contributed by atoms with E-state index in [4.69, 9.17) is 5.11 Å². The Morgan fingerprint density at radius 3 is 2.70 bits per heavy atom. The predicted octanol–water partition coefficient (Wildman–Crippen LogP) is -0.213. The number of carbonyl (C=O) groups is 2. The van der Waals surface area contributed by atoms with E-state index < -0.39 is 37.8 Å². The van der Waals surface area contributed by atoms with Crippen molar-refractivity contribution < 1.29 is 23.1 Å². The lowest BCUT2D eigenvalue weighted by Crippen LogP contribution is -2.45. The van der Waals surface area contributed by atoms with Crippen LogP contribution >= 0.6 is 11.3 Å². The zero-order valence-electron chi connectivity index (χ0n) is 10.5. The zero-order valence-corrected chi connectivity index (χ0v) is 12.1. The number of nitrogens with zero attached hydrogens (tertiary/aromatic N) is 1. The lowest BCUT2D eigenvalue weighted by molar-refractivity contribution is -0.122. The van der Waals surface area contributed by atoms with E-state index in [1.807, 2.05) is 0 Å². The summed E-state index contributed by atoms with van der Waals surface area (Å²) in [6.45, 7) is 1.40. The Morgan fingerprint density at radius 1 is 1.50 bits per heavy atom. The third-order valence-electron chi connectivity index (χ3n) is 2.63. The van der Waals surface area contributed by atoms with Gasteiger partial charge in [0.25, 0.3) is 10.0 Å². The number of aromatic nitrogens is 1. The van der Waals surface area contributed by atoms with Crippen LogP contribution in [0.3, 0.4) is 0 Å². The van der Waals surface area contributed by atoms with Crippen LogP contribution in [0.1, 0.15) is 30.3 Å². The topological polar surface area (TPSA) is 125 Å². The molecule has 0 aromatic carbocycles. The second-order valence-electron chi connectivity index (χ2n) is 4.42. The summed E-state index contributed by atoms with van der Waals surface area (Å²) in [7, 11) is -4.09. The van der Waals surface area contributed by atoms with Crippen LogP contribution in [0.2, 0.25) is 0 Å². The van der Waals surface area contributed by atoms with Gasteiger partial charge in [0.1, 0.15) is 0 Å². The molecular weight excluding hydrogens is 306 g/mol. The second kappa shape index (κ2) is 5.46. The minimum atomic E-state index is -4.09. The number of nitrogens with one attached hydrogen (secondary N) is 2. The molecule has 0 radical (unpaired) electrons. The van der Waals surface area contributed by atoms with Crippen molar-refractivity contribution in [1.82, 2.24) is 15.0 Å². The first-order chi connectivity index (χ1) is 9.31. The van der Waals surface area contributed by atoms with Crippen molar-refractivity contribution in [2.75, 3.05) is 0 Å². The molecule has 1 amide bonds. The maximum absolute atomic E-state index is 12.1. The van der Waals surface area contributed by atoms with E-state index in [0.717, 1.165) is 18.4 Å². The van der Waals surface area contributed by atoms with E-state index in [0.29, 0.717) is 11.3 Å². The van der Waals surface area contributed by atoms with Crippen molar-refractivity contribution in [3.63, 3.8) is 0 Å². The molecule has 1 atom stereocenters. The number of aromatic carboxylic acids is 1. The fraction of sp³-hybridized carbons (Fsp3) is 0.500. The number of rotatable bonds is 6. The molecule has 10 heteroatoms. The zero-order chi connectivity index (χ0) is 14.9. The number of hydrogen-bond donors (Lipinski definition) is 3. The van der Waals surface area contributed by atoms with Crippen LogP contribution in [0, 0.1) is 0 Å². The van der Waals surface area contributed by atoms with Crippen molar-refractivity contribution in [3.05, 3.63) is 11.2 Å². The van der Waals surface area contributed by atoms with Gasteiger partial charge in [0, 0.05) is 6.04 Å². The van der Waals surface area contributed by atoms with Gasteiger partial charge in [0.2, 0.25) is 5.91 Å². The Labute approximate surface area is 119 Å². The summed E-state index contributed by atoms with van der Waals surface area (Å²) in [5.41, 5.74) is 0.588. The molecule has 0 saturated heterocycles. The summed E-state index contributed by atoms with van der Waals surface area (Å²) in [5, 5.41) is 11.5. The van der Waals surface area contributed by atoms with E-state index in [1.165, 1.54) is 6.92 Å². The maximum atomic E-state index is 12.1. The molecule has 1 aliphatic rings. The van der Waals surface area contributed by atoms with Gasteiger partial charge in [-0.1, -0.05) is 0 Å². The standard InChI is InChI=1S/C10H13N3O5S2/c1-5(8(14)12-6-2-3-6)13-20(17,18)10-7(9(15)16)11-4-19-10/h4-6,13H,2-3H2,1H3,(H,12,14)(H,15,16). The average molecular weight is 319 g/mol. The lowest BCUT2D eigenvalue weighted by Gasteiger charge is -2.13. The third kappa shape index (κ3) is 3.32. The molecule has 0 aliphatic heterocycles. The molecule has 1 unspecified atom stereocenters. The average Bonchev–Trinajstić information content (AvgIpc) is 3.00. The molecular formula is C10H13N3O5S2. The number of carbonyl (C=O) groups excluding carboxylic acids is 1. The molecule has 2 rings (SSSR count). The number of carboxylic acids is 1. The fourth-order valence-electron chi connectivity index (χ4n) is 1.46. The smallest absolute Gasteiger partial charge is 0.356 e. The van der Waals surface area contributed by atoms with Crippen LogP contribution < -0.4 is 10.0 Å². The maximum Gasteiger partial charge on any atom is 0.356 e. The highest BCUT2D eigenvalue weighted by Gasteiger charge is 2.31. The summed E-state index contributed by atoms with van der Waals surface area (Å²) in [5.74, 6) is -1.86. The molecule has 0 spiro atoms. The van der Waals surface area contributed by atoms with Crippen molar-refractivity contribution in [3.8, 4) is 0 Å². The van der Waals surface area contributed by atoms with Crippen LogP contribution in [-0.4, -0.2) is 42.5 Å². The Kier molecular flexibility index (Phi) is 4.06. The van der Waals surface area contributed by atoms with Crippen molar-refractivity contribution in [2.24, 2.45) is 0 Å². The molecule has 0 bridgehead atoms. The highest BCUT2D eigenvalue weighted by molar-refractivity contribution is 7.91. The van der Waals surface area contributed by atoms with Gasteiger partial charge in [-0.2, -0.15) is 4.72 Å². The Bertz CT molecular complexity index is 635. The quantitative estimate of drug-likeness (QED) is 0.666. The van der Waals surface area contributed by atoms with Gasteiger partial charge in [0.15, 0.2) is 9.90 Å². The number of amides is 1. The van der Waals surface area contributed by atoms with Gasteiger partial charge in [-0.15, -0.1) is 11.3 Å². The molecule has 1 heterocycles. The first kappa shape index (κ1) is 14.9. The van der Waals surface area contributed by atoms with E-state index in [1.54, 1.807) is 0 Å². The number of sulfonamides is 1. The number of thiazole rings is 1. The van der Waals surface area contributed by atoms with E-state index in [9.17, 15) is 18.0 Å². The summed E-state index contributed by atoms with van der Waals surface area (Å²) in [6, 6.07) is -0.864. The predicted molar refractivity (Wildman–Crippen MR) is 70.0 cm³/mol. The van der Waals surface area contributed by atoms with Crippen molar-refractivity contribution in [2.45, 2.75) is 36.1 Å². The molecule has 1 saturated carbocycles. The third-order valence-corrected chi connectivity index (χ3v) is 5.54. The number of carboxylic acid groups (broad SMARTS) is 1. The Balaban J connectivity index is 2.11. The molecule has 20 heavy (non-hydrogen) atoms. The number of hydrogen-bond acceptors (Lipinski definition) is 6. The van der Waals surface area contributed by atoms with E-state index in [2.05, 4.69) is 15.0 Å². The van der Waals surface area contributed by atoms with Crippen molar-refractivity contribution >= 4 is 33.2 Å². The van der Waals surface area contributed by atoms with Crippen LogP contribution in [0.5, 0.6) is 0 Å². The van der Waals surface area contributed by atoms with Crippen LogP contribution in [0.15, 0.2) is 9.72 Å². The first-order valence-electron chi connectivity index (χ1n) is 5.80. The molecule has 1 aromatic rings. The Morgan fingerprint density at radius 2 is 2.15 bits per heavy atom. The molecule has 3 N–H and O–H groups in total. The fourth-order valence-corrected chi connectivity index (χ4v) is 3.82. The molecule has 1 aliphatic carbocycles. The second-order valence-corrected chi connectivity index (χ2v) is 7.18. The molecule has 1 fully saturated rings. The van der Waals surface area contributed by atoms with Crippen LogP contribution in [0.25, 0.3) is 0 Å². The molecule has 1 aromatic heterocycles. The van der Waals surface area contributed by atoms with E-state index in [-0.39, 0.29) is 6.04 Å². The van der Waals surface area contributed by atoms with Crippen LogP contribution in [-0.2, 0) is 14.8 Å². The van der Waals surface area contributed by atoms with Crippen molar-refractivity contribution in [1.29, 1.82) is 0 Å². The van der Waals surface area contributed by atoms with Gasteiger partial charge < -0.3 is 10.4 Å².